The lowest BCUT2D eigenvalue weighted by molar-refractivity contribution is -0.126. The number of hydrogen-bond acceptors (Lipinski definition) is 5. The van der Waals surface area contributed by atoms with Gasteiger partial charge in [-0.05, 0) is 64.3 Å². The number of carbonyl (C=O) groups excluding carboxylic acids is 1. The number of nitrogens with zero attached hydrogens (tertiary/aromatic N) is 3. The normalized spacial score (nSPS) is 13.8. The molecule has 1 amide bonds. The third-order valence-corrected chi connectivity index (χ3v) is 6.50. The van der Waals surface area contributed by atoms with Crippen molar-refractivity contribution in [3.05, 3.63) is 94.0 Å². The van der Waals surface area contributed by atoms with Crippen LogP contribution in [0.25, 0.3) is 6.08 Å². The molecule has 0 aliphatic carbocycles. The van der Waals surface area contributed by atoms with Crippen molar-refractivity contribution in [1.82, 2.24) is 4.90 Å². The number of ether oxygens (including phenoxy) is 2. The average Bonchev–Trinajstić information content (AvgIpc) is 2.92. The second kappa shape index (κ2) is 12.3. The molecule has 1 aliphatic heterocycles. The van der Waals surface area contributed by atoms with Crippen LogP contribution in [0.15, 0.2) is 82.8 Å². The summed E-state index contributed by atoms with van der Waals surface area (Å²) in [6, 6.07) is 25.8. The van der Waals surface area contributed by atoms with Gasteiger partial charge in [0.2, 0.25) is 0 Å². The summed E-state index contributed by atoms with van der Waals surface area (Å²) in [6.45, 7) is 5.32. The van der Waals surface area contributed by atoms with Crippen molar-refractivity contribution >= 4 is 33.6 Å². The maximum atomic E-state index is 13.1. The topological polar surface area (TPSA) is 65.8 Å². The van der Waals surface area contributed by atoms with Gasteiger partial charge in [-0.2, -0.15) is 5.26 Å². The fraction of sp³-hybridized carbons (Fsp3) is 0.241. The van der Waals surface area contributed by atoms with Crippen LogP contribution < -0.4 is 14.4 Å². The van der Waals surface area contributed by atoms with Gasteiger partial charge in [-0.15, -0.1) is 0 Å². The van der Waals surface area contributed by atoms with E-state index in [1.165, 1.54) is 0 Å². The van der Waals surface area contributed by atoms with Gasteiger partial charge in [0.25, 0.3) is 5.91 Å². The van der Waals surface area contributed by atoms with Crippen molar-refractivity contribution in [2.45, 2.75) is 13.5 Å². The van der Waals surface area contributed by atoms with E-state index in [2.05, 4.69) is 39.0 Å². The standard InChI is InChI=1S/C29H28BrN3O3/c1-2-35-27-19-23(18-26(30)28(27)36-21-22-9-5-3-6-10-22)17-24(20-31)29(34)33-15-13-32(14-16-33)25-11-7-4-8-12-25/h3-12,17-19H,2,13-16,21H2,1H3/b24-17-. The van der Waals surface area contributed by atoms with Crippen molar-refractivity contribution in [1.29, 1.82) is 5.26 Å². The van der Waals surface area contributed by atoms with Gasteiger partial charge in [0.1, 0.15) is 18.2 Å². The number of benzene rings is 3. The summed E-state index contributed by atoms with van der Waals surface area (Å²) in [4.78, 5) is 17.1. The van der Waals surface area contributed by atoms with Crippen molar-refractivity contribution in [3.63, 3.8) is 0 Å². The van der Waals surface area contributed by atoms with Gasteiger partial charge in [-0.1, -0.05) is 48.5 Å². The Hall–Kier alpha value is -3.76. The largest absolute Gasteiger partial charge is 0.490 e. The molecular weight excluding hydrogens is 518 g/mol. The van der Waals surface area contributed by atoms with Gasteiger partial charge in [-0.25, -0.2) is 0 Å². The lowest BCUT2D eigenvalue weighted by atomic mass is 10.1. The molecule has 4 rings (SSSR count). The third kappa shape index (κ3) is 6.27. The summed E-state index contributed by atoms with van der Waals surface area (Å²) < 4.78 is 12.6. The number of carbonyl (C=O) groups is 1. The van der Waals surface area contributed by atoms with Gasteiger partial charge in [-0.3, -0.25) is 4.79 Å². The summed E-state index contributed by atoms with van der Waals surface area (Å²) in [5, 5.41) is 9.78. The molecule has 0 radical (unpaired) electrons. The van der Waals surface area contributed by atoms with E-state index in [0.29, 0.717) is 47.8 Å². The van der Waals surface area contributed by atoms with E-state index < -0.39 is 0 Å². The smallest absolute Gasteiger partial charge is 0.264 e. The minimum Gasteiger partial charge on any atom is -0.490 e. The average molecular weight is 546 g/mol. The minimum atomic E-state index is -0.260. The number of rotatable bonds is 8. The maximum Gasteiger partial charge on any atom is 0.264 e. The Bertz CT molecular complexity index is 1250. The molecule has 3 aromatic carbocycles. The fourth-order valence-corrected chi connectivity index (χ4v) is 4.66. The zero-order valence-electron chi connectivity index (χ0n) is 20.2. The molecule has 0 atom stereocenters. The molecule has 36 heavy (non-hydrogen) atoms. The minimum absolute atomic E-state index is 0.0930. The van der Waals surface area contributed by atoms with Crippen molar-refractivity contribution in [3.8, 4) is 17.6 Å². The molecule has 0 bridgehead atoms. The van der Waals surface area contributed by atoms with Gasteiger partial charge in [0, 0.05) is 31.9 Å². The molecule has 0 unspecified atom stereocenters. The first-order chi connectivity index (χ1) is 17.6. The Kier molecular flexibility index (Phi) is 8.64. The van der Waals surface area contributed by atoms with Gasteiger partial charge in [0.05, 0.1) is 11.1 Å². The molecule has 3 aromatic rings. The second-order valence-corrected chi connectivity index (χ2v) is 9.18. The Morgan fingerprint density at radius 3 is 2.31 bits per heavy atom. The van der Waals surface area contributed by atoms with Crippen LogP contribution in [0.1, 0.15) is 18.1 Å². The summed E-state index contributed by atoms with van der Waals surface area (Å²) in [7, 11) is 0. The Morgan fingerprint density at radius 1 is 1.00 bits per heavy atom. The van der Waals surface area contributed by atoms with E-state index in [1.54, 1.807) is 17.0 Å². The summed E-state index contributed by atoms with van der Waals surface area (Å²) in [6.07, 6.45) is 1.61. The van der Waals surface area contributed by atoms with Gasteiger partial charge >= 0.3 is 0 Å². The lowest BCUT2D eigenvalue weighted by Gasteiger charge is -2.36. The summed E-state index contributed by atoms with van der Waals surface area (Å²) in [5.41, 5.74) is 2.96. The number of nitriles is 1. The molecule has 6 nitrogen and oxygen atoms in total. The van der Waals surface area contributed by atoms with Crippen LogP contribution in [-0.2, 0) is 11.4 Å². The van der Waals surface area contributed by atoms with Crippen LogP contribution in [0.3, 0.4) is 0 Å². The zero-order chi connectivity index (χ0) is 25.3. The highest BCUT2D eigenvalue weighted by atomic mass is 79.9. The predicted octanol–water partition coefficient (Wildman–Crippen LogP) is 5.68. The quantitative estimate of drug-likeness (QED) is 0.269. The van der Waals surface area contributed by atoms with E-state index in [0.717, 1.165) is 24.3 Å². The summed E-state index contributed by atoms with van der Waals surface area (Å²) >= 11 is 3.58. The fourth-order valence-electron chi connectivity index (χ4n) is 4.09. The van der Waals surface area contributed by atoms with Crippen molar-refractivity contribution < 1.29 is 14.3 Å². The van der Waals surface area contributed by atoms with Crippen molar-refractivity contribution in [2.75, 3.05) is 37.7 Å². The van der Waals surface area contributed by atoms with Gasteiger partial charge in [0.15, 0.2) is 11.5 Å². The molecule has 0 N–H and O–H groups in total. The highest BCUT2D eigenvalue weighted by Gasteiger charge is 2.24. The Balaban J connectivity index is 1.48. The van der Waals surface area contributed by atoms with E-state index >= 15 is 0 Å². The molecule has 1 heterocycles. The lowest BCUT2D eigenvalue weighted by Crippen LogP contribution is -2.49. The van der Waals surface area contributed by atoms with E-state index in [1.807, 2.05) is 61.5 Å². The first-order valence-corrected chi connectivity index (χ1v) is 12.7. The molecule has 184 valence electrons. The molecule has 0 aromatic heterocycles. The van der Waals surface area contributed by atoms with E-state index in [9.17, 15) is 10.1 Å². The van der Waals surface area contributed by atoms with E-state index in [-0.39, 0.29) is 11.5 Å². The van der Waals surface area contributed by atoms with Crippen LogP contribution in [0, 0.1) is 11.3 Å². The number of piperazine rings is 1. The Labute approximate surface area is 220 Å². The molecule has 1 aliphatic rings. The maximum absolute atomic E-state index is 13.1. The van der Waals surface area contributed by atoms with Crippen LogP contribution >= 0.6 is 15.9 Å². The number of para-hydroxylation sites is 1. The number of amides is 1. The number of halogens is 1. The van der Waals surface area contributed by atoms with Crippen LogP contribution in [0.4, 0.5) is 5.69 Å². The monoisotopic (exact) mass is 545 g/mol. The number of anilines is 1. The second-order valence-electron chi connectivity index (χ2n) is 8.32. The molecule has 0 saturated carbocycles. The highest BCUT2D eigenvalue weighted by Crippen LogP contribution is 2.38. The first-order valence-electron chi connectivity index (χ1n) is 11.9. The van der Waals surface area contributed by atoms with Gasteiger partial charge < -0.3 is 19.3 Å². The van der Waals surface area contributed by atoms with E-state index in [4.69, 9.17) is 9.47 Å². The zero-order valence-corrected chi connectivity index (χ0v) is 21.8. The van der Waals surface area contributed by atoms with Crippen LogP contribution in [0.2, 0.25) is 0 Å². The van der Waals surface area contributed by atoms with Crippen LogP contribution in [0.5, 0.6) is 11.5 Å². The predicted molar refractivity (Wildman–Crippen MR) is 145 cm³/mol. The first kappa shape index (κ1) is 25.3. The third-order valence-electron chi connectivity index (χ3n) is 5.91. The summed E-state index contributed by atoms with van der Waals surface area (Å²) in [5.74, 6) is 0.874. The molecule has 1 fully saturated rings. The van der Waals surface area contributed by atoms with Crippen molar-refractivity contribution in [2.24, 2.45) is 0 Å². The Morgan fingerprint density at radius 2 is 1.67 bits per heavy atom. The van der Waals surface area contributed by atoms with Crippen LogP contribution in [-0.4, -0.2) is 43.6 Å². The molecule has 0 spiro atoms. The molecular formula is C29H28BrN3O3. The molecule has 1 saturated heterocycles. The highest BCUT2D eigenvalue weighted by molar-refractivity contribution is 9.10. The number of hydrogen-bond donors (Lipinski definition) is 0. The SMILES string of the molecule is CCOc1cc(/C=C(/C#N)C(=O)N2CCN(c3ccccc3)CC2)cc(Br)c1OCc1ccccc1. The molecule has 7 heteroatoms.